The van der Waals surface area contributed by atoms with E-state index in [-0.39, 0.29) is 5.97 Å². The molecule has 0 unspecified atom stereocenters. The smallest absolute Gasteiger partial charge is 0.306 e. The van der Waals surface area contributed by atoms with Crippen molar-refractivity contribution in [2.45, 2.75) is 18.2 Å². The average Bonchev–Trinajstić information content (AvgIpc) is 2.24. The van der Waals surface area contributed by atoms with Gasteiger partial charge in [-0.15, -0.1) is 11.8 Å². The third-order valence-electron chi connectivity index (χ3n) is 1.82. The molecule has 3 nitrogen and oxygen atoms in total. The fourth-order valence-electron chi connectivity index (χ4n) is 0.983. The van der Waals surface area contributed by atoms with Crippen LogP contribution in [-0.2, 0) is 9.53 Å². The van der Waals surface area contributed by atoms with Crippen LogP contribution in [0.5, 0.6) is 0 Å². The van der Waals surface area contributed by atoms with Crippen molar-refractivity contribution >= 4 is 29.3 Å². The van der Waals surface area contributed by atoms with E-state index in [0.717, 1.165) is 10.6 Å². The van der Waals surface area contributed by atoms with Crippen LogP contribution in [0.3, 0.4) is 0 Å². The summed E-state index contributed by atoms with van der Waals surface area (Å²) in [4.78, 5) is 15.9. The zero-order chi connectivity index (χ0) is 11.3. The fraction of sp³-hybridized carbons (Fsp3) is 0.400. The molecule has 0 aliphatic rings. The highest BCUT2D eigenvalue weighted by molar-refractivity contribution is 7.99. The Bertz CT molecular complexity index is 357. The van der Waals surface area contributed by atoms with Crippen molar-refractivity contribution in [1.29, 1.82) is 0 Å². The molecule has 0 spiro atoms. The summed E-state index contributed by atoms with van der Waals surface area (Å²) in [6.45, 7) is 1.85. The maximum atomic E-state index is 10.9. The predicted molar refractivity (Wildman–Crippen MR) is 61.3 cm³/mol. The summed E-state index contributed by atoms with van der Waals surface area (Å²) in [5, 5.41) is 0.660. The topological polar surface area (TPSA) is 39.2 Å². The number of pyridine rings is 1. The monoisotopic (exact) mass is 245 g/mol. The number of halogens is 1. The molecule has 0 saturated carbocycles. The summed E-state index contributed by atoms with van der Waals surface area (Å²) in [5.41, 5.74) is 0.805. The molecule has 0 amide bonds. The molecule has 1 aromatic rings. The van der Waals surface area contributed by atoms with Gasteiger partial charge in [0.2, 0.25) is 0 Å². The molecule has 1 aromatic heterocycles. The number of hydrogen-bond acceptors (Lipinski definition) is 4. The van der Waals surface area contributed by atoms with E-state index in [4.69, 9.17) is 11.6 Å². The number of esters is 1. The zero-order valence-corrected chi connectivity index (χ0v) is 10.2. The first kappa shape index (κ1) is 12.3. The first-order valence-corrected chi connectivity index (χ1v) is 5.82. The second-order valence-corrected chi connectivity index (χ2v) is 4.40. The molecule has 0 radical (unpaired) electrons. The maximum absolute atomic E-state index is 10.9. The molecule has 0 N–H and O–H groups in total. The third kappa shape index (κ3) is 3.72. The summed E-state index contributed by atoms with van der Waals surface area (Å²) >= 11 is 7.58. The van der Waals surface area contributed by atoms with Gasteiger partial charge < -0.3 is 4.74 Å². The molecule has 1 heterocycles. The minimum absolute atomic E-state index is 0.204. The molecule has 0 saturated heterocycles. The summed E-state index contributed by atoms with van der Waals surface area (Å²) in [6.07, 6.45) is 2.10. The van der Waals surface area contributed by atoms with Crippen LogP contribution in [0.15, 0.2) is 17.2 Å². The highest BCUT2D eigenvalue weighted by Crippen LogP contribution is 2.28. The molecule has 82 valence electrons. The predicted octanol–water partition coefficient (Wildman–Crippen LogP) is 2.70. The largest absolute Gasteiger partial charge is 0.469 e. The summed E-state index contributed by atoms with van der Waals surface area (Å²) in [6, 6.07) is 1.84. The molecule has 0 aliphatic heterocycles. The van der Waals surface area contributed by atoms with Gasteiger partial charge in [-0.3, -0.25) is 9.78 Å². The van der Waals surface area contributed by atoms with Crippen LogP contribution < -0.4 is 0 Å². The number of nitrogens with zero attached hydrogens (tertiary/aromatic N) is 1. The molecule has 5 heteroatoms. The van der Waals surface area contributed by atoms with Gasteiger partial charge in [0.05, 0.1) is 24.2 Å². The van der Waals surface area contributed by atoms with Crippen molar-refractivity contribution in [3.8, 4) is 0 Å². The Labute approximate surface area is 98.2 Å². The fourth-order valence-corrected chi connectivity index (χ4v) is 2.18. The number of thioether (sulfide) groups is 1. The Kier molecular flexibility index (Phi) is 4.91. The molecular weight excluding hydrogens is 234 g/mol. The van der Waals surface area contributed by atoms with Crippen LogP contribution in [0.2, 0.25) is 5.02 Å². The summed E-state index contributed by atoms with van der Waals surface area (Å²) in [5.74, 6) is 0.458. The number of aryl methyl sites for hydroxylation is 1. The van der Waals surface area contributed by atoms with E-state index in [1.54, 1.807) is 6.20 Å². The van der Waals surface area contributed by atoms with E-state index in [2.05, 4.69) is 9.72 Å². The van der Waals surface area contributed by atoms with Gasteiger partial charge in [0.1, 0.15) is 0 Å². The zero-order valence-electron chi connectivity index (χ0n) is 8.62. The Morgan fingerprint density at radius 3 is 3.07 bits per heavy atom. The van der Waals surface area contributed by atoms with Gasteiger partial charge in [0.25, 0.3) is 0 Å². The lowest BCUT2D eigenvalue weighted by Crippen LogP contribution is -2.01. The second-order valence-electron chi connectivity index (χ2n) is 2.88. The second kappa shape index (κ2) is 5.98. The quantitative estimate of drug-likeness (QED) is 0.604. The number of hydrogen-bond donors (Lipinski definition) is 0. The van der Waals surface area contributed by atoms with E-state index in [1.807, 2.05) is 13.0 Å². The lowest BCUT2D eigenvalue weighted by Gasteiger charge is -2.04. The van der Waals surface area contributed by atoms with E-state index in [1.165, 1.54) is 18.9 Å². The average molecular weight is 246 g/mol. The SMILES string of the molecule is COC(=O)CCSc1ccnc(C)c1Cl. The number of carbonyl (C=O) groups is 1. The van der Waals surface area contributed by atoms with Crippen molar-refractivity contribution in [2.75, 3.05) is 12.9 Å². The highest BCUT2D eigenvalue weighted by Gasteiger charge is 2.06. The van der Waals surface area contributed by atoms with Gasteiger partial charge in [0.15, 0.2) is 0 Å². The number of aromatic nitrogens is 1. The van der Waals surface area contributed by atoms with E-state index >= 15 is 0 Å². The maximum Gasteiger partial charge on any atom is 0.306 e. The summed E-state index contributed by atoms with van der Waals surface area (Å²) < 4.78 is 4.54. The molecular formula is C10H12ClNO2S. The standard InChI is InChI=1S/C10H12ClNO2S/c1-7-10(11)8(3-5-12-7)15-6-4-9(13)14-2/h3,5H,4,6H2,1-2H3. The highest BCUT2D eigenvalue weighted by atomic mass is 35.5. The molecule has 1 rings (SSSR count). The van der Waals surface area contributed by atoms with Crippen LogP contribution in [0.1, 0.15) is 12.1 Å². The van der Waals surface area contributed by atoms with Gasteiger partial charge >= 0.3 is 5.97 Å². The first-order chi connectivity index (χ1) is 7.15. The Balaban J connectivity index is 2.51. The normalized spacial score (nSPS) is 10.1. The third-order valence-corrected chi connectivity index (χ3v) is 3.47. The number of rotatable bonds is 4. The first-order valence-electron chi connectivity index (χ1n) is 4.46. The molecule has 0 atom stereocenters. The van der Waals surface area contributed by atoms with Crippen molar-refractivity contribution in [1.82, 2.24) is 4.98 Å². The van der Waals surface area contributed by atoms with Crippen LogP contribution in [0.25, 0.3) is 0 Å². The molecule has 0 bridgehead atoms. The molecule has 0 aliphatic carbocycles. The van der Waals surface area contributed by atoms with Crippen molar-refractivity contribution in [2.24, 2.45) is 0 Å². The van der Waals surface area contributed by atoms with Crippen LogP contribution >= 0.6 is 23.4 Å². The van der Waals surface area contributed by atoms with Gasteiger partial charge in [-0.1, -0.05) is 11.6 Å². The van der Waals surface area contributed by atoms with Crippen molar-refractivity contribution in [3.05, 3.63) is 23.0 Å². The number of ether oxygens (including phenoxy) is 1. The van der Waals surface area contributed by atoms with Gasteiger partial charge in [-0.25, -0.2) is 0 Å². The molecule has 0 aromatic carbocycles. The minimum Gasteiger partial charge on any atom is -0.469 e. The Hall–Kier alpha value is -0.740. The van der Waals surface area contributed by atoms with Crippen molar-refractivity contribution < 1.29 is 9.53 Å². The van der Waals surface area contributed by atoms with Crippen LogP contribution in [0, 0.1) is 6.92 Å². The van der Waals surface area contributed by atoms with Crippen LogP contribution in [-0.4, -0.2) is 23.8 Å². The lowest BCUT2D eigenvalue weighted by molar-refractivity contribution is -0.140. The molecule has 0 fully saturated rings. The number of methoxy groups -OCH3 is 1. The Morgan fingerprint density at radius 2 is 2.40 bits per heavy atom. The number of carbonyl (C=O) groups excluding carboxylic acids is 1. The van der Waals surface area contributed by atoms with Gasteiger partial charge in [-0.2, -0.15) is 0 Å². The summed E-state index contributed by atoms with van der Waals surface area (Å²) in [7, 11) is 1.39. The van der Waals surface area contributed by atoms with Gasteiger partial charge in [-0.05, 0) is 13.0 Å². The van der Waals surface area contributed by atoms with E-state index in [9.17, 15) is 4.79 Å². The minimum atomic E-state index is -0.204. The van der Waals surface area contributed by atoms with E-state index in [0.29, 0.717) is 17.2 Å². The van der Waals surface area contributed by atoms with Crippen molar-refractivity contribution in [3.63, 3.8) is 0 Å². The van der Waals surface area contributed by atoms with E-state index < -0.39 is 0 Å². The van der Waals surface area contributed by atoms with Gasteiger partial charge in [0, 0.05) is 16.8 Å². The Morgan fingerprint density at radius 1 is 1.67 bits per heavy atom. The molecule has 15 heavy (non-hydrogen) atoms. The van der Waals surface area contributed by atoms with Crippen LogP contribution in [0.4, 0.5) is 0 Å². The lowest BCUT2D eigenvalue weighted by atomic mass is 10.4.